The maximum atomic E-state index is 12.1. The predicted octanol–water partition coefficient (Wildman–Crippen LogP) is 2.47. The predicted molar refractivity (Wildman–Crippen MR) is 83.9 cm³/mol. The average molecular weight is 284 g/mol. The summed E-state index contributed by atoms with van der Waals surface area (Å²) in [6, 6.07) is 12.4. The van der Waals surface area contributed by atoms with Crippen molar-refractivity contribution in [1.82, 2.24) is 5.32 Å². The van der Waals surface area contributed by atoms with Crippen molar-refractivity contribution >= 4 is 22.6 Å². The van der Waals surface area contributed by atoms with Gasteiger partial charge in [0, 0.05) is 5.56 Å². The zero-order valence-electron chi connectivity index (χ0n) is 12.3. The maximum Gasteiger partial charge on any atom is 0.257 e. The fourth-order valence-corrected chi connectivity index (χ4v) is 2.22. The summed E-state index contributed by atoms with van der Waals surface area (Å²) in [6.07, 6.45) is 0.552. The number of amides is 2. The maximum absolute atomic E-state index is 12.1. The van der Waals surface area contributed by atoms with Crippen LogP contribution in [0.5, 0.6) is 0 Å². The van der Waals surface area contributed by atoms with Gasteiger partial charge in [0.25, 0.3) is 5.91 Å². The lowest BCUT2D eigenvalue weighted by Crippen LogP contribution is -2.44. The number of rotatable bonds is 4. The minimum Gasteiger partial charge on any atom is -0.320 e. The Bertz CT molecular complexity index is 665. The summed E-state index contributed by atoms with van der Waals surface area (Å²) in [5, 5.41) is 4.38. The van der Waals surface area contributed by atoms with Crippen molar-refractivity contribution in [3.63, 3.8) is 0 Å². The van der Waals surface area contributed by atoms with Gasteiger partial charge in [-0.25, -0.2) is 0 Å². The van der Waals surface area contributed by atoms with Crippen LogP contribution in [0.1, 0.15) is 30.6 Å². The van der Waals surface area contributed by atoms with E-state index in [1.807, 2.05) is 44.2 Å². The minimum atomic E-state index is -0.658. The second kappa shape index (κ2) is 6.50. The summed E-state index contributed by atoms with van der Waals surface area (Å²) >= 11 is 0. The molecule has 0 fully saturated rings. The van der Waals surface area contributed by atoms with Gasteiger partial charge in [0.05, 0.1) is 6.04 Å². The number of carbonyl (C=O) groups excluding carboxylic acids is 2. The molecule has 0 aromatic heterocycles. The Morgan fingerprint density at radius 2 is 1.76 bits per heavy atom. The first-order valence-corrected chi connectivity index (χ1v) is 7.07. The molecule has 4 nitrogen and oxygen atoms in total. The van der Waals surface area contributed by atoms with Gasteiger partial charge in [-0.2, -0.15) is 0 Å². The lowest BCUT2D eigenvalue weighted by molar-refractivity contribution is -0.121. The smallest absolute Gasteiger partial charge is 0.257 e. The molecule has 0 bridgehead atoms. The van der Waals surface area contributed by atoms with Gasteiger partial charge < -0.3 is 5.73 Å². The zero-order valence-corrected chi connectivity index (χ0v) is 12.3. The second-order valence-corrected chi connectivity index (χ2v) is 5.62. The molecule has 2 aromatic rings. The van der Waals surface area contributed by atoms with E-state index < -0.39 is 17.9 Å². The Morgan fingerprint density at radius 3 is 2.43 bits per heavy atom. The van der Waals surface area contributed by atoms with E-state index in [2.05, 4.69) is 5.32 Å². The number of hydrogen-bond donors (Lipinski definition) is 2. The van der Waals surface area contributed by atoms with E-state index in [0.717, 1.165) is 10.8 Å². The van der Waals surface area contributed by atoms with Gasteiger partial charge in [0.1, 0.15) is 0 Å². The molecule has 0 aliphatic heterocycles. The fourth-order valence-electron chi connectivity index (χ4n) is 2.22. The second-order valence-electron chi connectivity index (χ2n) is 5.62. The topological polar surface area (TPSA) is 72.2 Å². The molecule has 21 heavy (non-hydrogen) atoms. The standard InChI is InChI=1S/C17H20N2O2/c1-11(2)9-15(18)17(21)19-16(20)14-8-7-12-5-3-4-6-13(12)10-14/h3-8,10-11,15H,9,18H2,1-2H3,(H,19,20,21)/t15-/m0/s1. The molecule has 0 unspecified atom stereocenters. The Kier molecular flexibility index (Phi) is 4.70. The molecule has 0 heterocycles. The van der Waals surface area contributed by atoms with Gasteiger partial charge in [-0.3, -0.25) is 14.9 Å². The van der Waals surface area contributed by atoms with Crippen LogP contribution in [0.4, 0.5) is 0 Å². The number of benzene rings is 2. The van der Waals surface area contributed by atoms with Crippen molar-refractivity contribution in [2.75, 3.05) is 0 Å². The molecule has 2 aromatic carbocycles. The summed E-state index contributed by atoms with van der Waals surface area (Å²) in [4.78, 5) is 24.0. The van der Waals surface area contributed by atoms with Crippen LogP contribution in [0, 0.1) is 5.92 Å². The number of carbonyl (C=O) groups is 2. The summed E-state index contributed by atoms with van der Waals surface area (Å²) in [5.74, 6) is -0.534. The highest BCUT2D eigenvalue weighted by Gasteiger charge is 2.18. The van der Waals surface area contributed by atoms with Gasteiger partial charge >= 0.3 is 0 Å². The van der Waals surface area contributed by atoms with Crippen LogP contribution >= 0.6 is 0 Å². The Hall–Kier alpha value is -2.20. The lowest BCUT2D eigenvalue weighted by atomic mass is 10.0. The molecule has 2 amide bonds. The van der Waals surface area contributed by atoms with Crippen molar-refractivity contribution < 1.29 is 9.59 Å². The summed E-state index contributed by atoms with van der Waals surface area (Å²) in [6.45, 7) is 3.97. The van der Waals surface area contributed by atoms with Crippen molar-refractivity contribution in [2.45, 2.75) is 26.3 Å². The molecule has 4 heteroatoms. The van der Waals surface area contributed by atoms with Gasteiger partial charge in [0.15, 0.2) is 0 Å². The van der Waals surface area contributed by atoms with Gasteiger partial charge in [-0.15, -0.1) is 0 Å². The van der Waals surface area contributed by atoms with Gasteiger partial charge in [0.2, 0.25) is 5.91 Å². The third-order valence-corrected chi connectivity index (χ3v) is 3.31. The van der Waals surface area contributed by atoms with Crippen LogP contribution in [-0.2, 0) is 4.79 Å². The zero-order chi connectivity index (χ0) is 15.4. The van der Waals surface area contributed by atoms with Crippen molar-refractivity contribution in [3.8, 4) is 0 Å². The summed E-state index contributed by atoms with van der Waals surface area (Å²) < 4.78 is 0. The molecule has 110 valence electrons. The van der Waals surface area contributed by atoms with Gasteiger partial charge in [-0.05, 0) is 35.2 Å². The fraction of sp³-hybridized carbons (Fsp3) is 0.294. The van der Waals surface area contributed by atoms with E-state index in [4.69, 9.17) is 5.73 Å². The van der Waals surface area contributed by atoms with Crippen LogP contribution < -0.4 is 11.1 Å². The molecular formula is C17H20N2O2. The summed E-state index contributed by atoms with van der Waals surface area (Å²) in [5.41, 5.74) is 6.23. The normalized spacial score (nSPS) is 12.4. The molecule has 0 spiro atoms. The number of nitrogens with one attached hydrogen (secondary N) is 1. The first kappa shape index (κ1) is 15.2. The van der Waals surface area contributed by atoms with E-state index >= 15 is 0 Å². The van der Waals surface area contributed by atoms with Crippen LogP contribution in [0.3, 0.4) is 0 Å². The number of nitrogens with two attached hydrogens (primary N) is 1. The lowest BCUT2D eigenvalue weighted by Gasteiger charge is -2.13. The molecule has 0 saturated heterocycles. The third kappa shape index (κ3) is 3.89. The minimum absolute atomic E-state index is 0.307. The largest absolute Gasteiger partial charge is 0.320 e. The number of fused-ring (bicyclic) bond motifs is 1. The van der Waals surface area contributed by atoms with Crippen molar-refractivity contribution in [1.29, 1.82) is 0 Å². The SMILES string of the molecule is CC(C)C[C@H](N)C(=O)NC(=O)c1ccc2ccccc2c1. The van der Waals surface area contributed by atoms with E-state index in [0.29, 0.717) is 17.9 Å². The van der Waals surface area contributed by atoms with Crippen LogP contribution in [-0.4, -0.2) is 17.9 Å². The van der Waals surface area contributed by atoms with E-state index in [9.17, 15) is 9.59 Å². The van der Waals surface area contributed by atoms with E-state index in [1.54, 1.807) is 12.1 Å². The monoisotopic (exact) mass is 284 g/mol. The molecule has 0 radical (unpaired) electrons. The Morgan fingerprint density at radius 1 is 1.10 bits per heavy atom. The van der Waals surface area contributed by atoms with Gasteiger partial charge in [-0.1, -0.05) is 44.2 Å². The van der Waals surface area contributed by atoms with Crippen molar-refractivity contribution in [2.24, 2.45) is 11.7 Å². The Labute approximate surface area is 124 Å². The summed E-state index contributed by atoms with van der Waals surface area (Å²) in [7, 11) is 0. The van der Waals surface area contributed by atoms with E-state index in [-0.39, 0.29) is 0 Å². The Balaban J connectivity index is 2.09. The third-order valence-electron chi connectivity index (χ3n) is 3.31. The molecular weight excluding hydrogens is 264 g/mol. The molecule has 1 atom stereocenters. The van der Waals surface area contributed by atoms with Crippen LogP contribution in [0.2, 0.25) is 0 Å². The first-order valence-electron chi connectivity index (χ1n) is 7.07. The first-order chi connectivity index (χ1) is 9.97. The van der Waals surface area contributed by atoms with Crippen molar-refractivity contribution in [3.05, 3.63) is 48.0 Å². The van der Waals surface area contributed by atoms with E-state index in [1.165, 1.54) is 0 Å². The molecule has 0 aliphatic carbocycles. The molecule has 3 N–H and O–H groups in total. The van der Waals surface area contributed by atoms with Crippen LogP contribution in [0.25, 0.3) is 10.8 Å². The highest BCUT2D eigenvalue weighted by Crippen LogP contribution is 2.15. The quantitative estimate of drug-likeness (QED) is 0.906. The highest BCUT2D eigenvalue weighted by atomic mass is 16.2. The molecule has 2 rings (SSSR count). The van der Waals surface area contributed by atoms with Crippen LogP contribution in [0.15, 0.2) is 42.5 Å². The number of hydrogen-bond acceptors (Lipinski definition) is 3. The average Bonchev–Trinajstić information content (AvgIpc) is 2.45. The number of imide groups is 1. The highest BCUT2D eigenvalue weighted by molar-refractivity contribution is 6.07. The molecule has 0 aliphatic rings. The molecule has 0 saturated carbocycles.